The smallest absolute Gasteiger partial charge is 0.00683 e. The molecule has 1 aliphatic heterocycles. The summed E-state index contributed by atoms with van der Waals surface area (Å²) in [6.07, 6.45) is 4.98. The van der Waals surface area contributed by atoms with Crippen LogP contribution in [0, 0.1) is 5.92 Å². The molecule has 0 aromatic rings. The molecule has 0 radical (unpaired) electrons. The Kier molecular flexibility index (Phi) is 3.42. The molecular formula is C11H23N3. The van der Waals surface area contributed by atoms with Crippen molar-refractivity contribution in [3.8, 4) is 0 Å². The molecule has 2 aliphatic rings. The second-order valence-electron chi connectivity index (χ2n) is 5.11. The molecule has 3 nitrogen and oxygen atoms in total. The van der Waals surface area contributed by atoms with Crippen LogP contribution in [-0.4, -0.2) is 43.7 Å². The van der Waals surface area contributed by atoms with E-state index in [1.807, 2.05) is 0 Å². The SMILES string of the molecule is CN1CC(CNC2CCC(N)CC2)C1. The molecule has 0 aromatic heterocycles. The number of likely N-dealkylation sites (tertiary alicyclic amines) is 1. The topological polar surface area (TPSA) is 41.3 Å². The average molecular weight is 197 g/mol. The van der Waals surface area contributed by atoms with Crippen molar-refractivity contribution in [1.82, 2.24) is 10.2 Å². The van der Waals surface area contributed by atoms with Crippen molar-refractivity contribution in [2.75, 3.05) is 26.7 Å². The molecule has 1 saturated heterocycles. The highest BCUT2D eigenvalue weighted by atomic mass is 15.2. The van der Waals surface area contributed by atoms with Crippen molar-refractivity contribution in [1.29, 1.82) is 0 Å². The molecule has 0 unspecified atom stereocenters. The van der Waals surface area contributed by atoms with Crippen LogP contribution >= 0.6 is 0 Å². The Bertz CT molecular complexity index is 169. The predicted octanol–water partition coefficient (Wildman–Crippen LogP) is 0.408. The van der Waals surface area contributed by atoms with Crippen molar-refractivity contribution in [2.45, 2.75) is 37.8 Å². The standard InChI is InChI=1S/C11H23N3/c1-14-7-9(8-14)6-13-11-4-2-10(12)3-5-11/h9-11,13H,2-8,12H2,1H3. The van der Waals surface area contributed by atoms with Crippen LogP contribution < -0.4 is 11.1 Å². The summed E-state index contributed by atoms with van der Waals surface area (Å²) in [5.41, 5.74) is 5.87. The van der Waals surface area contributed by atoms with E-state index in [-0.39, 0.29) is 0 Å². The van der Waals surface area contributed by atoms with Crippen molar-refractivity contribution in [3.63, 3.8) is 0 Å². The monoisotopic (exact) mass is 197 g/mol. The third-order valence-corrected chi connectivity index (χ3v) is 3.61. The number of nitrogens with two attached hydrogens (primary N) is 1. The number of hydrogen-bond acceptors (Lipinski definition) is 3. The van der Waals surface area contributed by atoms with Gasteiger partial charge in [0, 0.05) is 31.7 Å². The van der Waals surface area contributed by atoms with Gasteiger partial charge in [0.25, 0.3) is 0 Å². The van der Waals surface area contributed by atoms with E-state index in [9.17, 15) is 0 Å². The summed E-state index contributed by atoms with van der Waals surface area (Å²) in [5, 5.41) is 3.68. The van der Waals surface area contributed by atoms with Crippen LogP contribution in [0.15, 0.2) is 0 Å². The molecule has 1 aliphatic carbocycles. The van der Waals surface area contributed by atoms with Crippen LogP contribution in [-0.2, 0) is 0 Å². The zero-order valence-electron chi connectivity index (χ0n) is 9.21. The first kappa shape index (κ1) is 10.4. The summed E-state index contributed by atoms with van der Waals surface area (Å²) >= 11 is 0. The lowest BCUT2D eigenvalue weighted by atomic mass is 9.91. The van der Waals surface area contributed by atoms with E-state index in [1.165, 1.54) is 45.3 Å². The lowest BCUT2D eigenvalue weighted by Crippen LogP contribution is -2.50. The van der Waals surface area contributed by atoms with E-state index in [0.29, 0.717) is 6.04 Å². The minimum Gasteiger partial charge on any atom is -0.328 e. The molecule has 1 saturated carbocycles. The Morgan fingerprint density at radius 3 is 2.43 bits per heavy atom. The lowest BCUT2D eigenvalue weighted by molar-refractivity contribution is 0.127. The van der Waals surface area contributed by atoms with Crippen LogP contribution in [0.3, 0.4) is 0 Å². The van der Waals surface area contributed by atoms with Crippen molar-refractivity contribution in [3.05, 3.63) is 0 Å². The Morgan fingerprint density at radius 1 is 1.21 bits per heavy atom. The zero-order chi connectivity index (χ0) is 9.97. The van der Waals surface area contributed by atoms with Crippen LogP contribution in [0.2, 0.25) is 0 Å². The van der Waals surface area contributed by atoms with Crippen molar-refractivity contribution >= 4 is 0 Å². The molecule has 14 heavy (non-hydrogen) atoms. The Morgan fingerprint density at radius 2 is 1.86 bits per heavy atom. The van der Waals surface area contributed by atoms with E-state index in [0.717, 1.165) is 12.0 Å². The molecule has 0 bridgehead atoms. The average Bonchev–Trinajstić information content (AvgIpc) is 2.13. The van der Waals surface area contributed by atoms with E-state index in [4.69, 9.17) is 5.73 Å². The van der Waals surface area contributed by atoms with Gasteiger partial charge in [0.1, 0.15) is 0 Å². The Labute approximate surface area is 87.0 Å². The van der Waals surface area contributed by atoms with Gasteiger partial charge in [0.05, 0.1) is 0 Å². The molecule has 0 aromatic carbocycles. The largest absolute Gasteiger partial charge is 0.328 e. The summed E-state index contributed by atoms with van der Waals surface area (Å²) in [6, 6.07) is 1.23. The van der Waals surface area contributed by atoms with Gasteiger partial charge in [-0.25, -0.2) is 0 Å². The maximum absolute atomic E-state index is 5.87. The summed E-state index contributed by atoms with van der Waals surface area (Å²) < 4.78 is 0. The van der Waals surface area contributed by atoms with Crippen molar-refractivity contribution in [2.24, 2.45) is 11.7 Å². The van der Waals surface area contributed by atoms with E-state index >= 15 is 0 Å². The third-order valence-electron chi connectivity index (χ3n) is 3.61. The quantitative estimate of drug-likeness (QED) is 0.688. The third kappa shape index (κ3) is 2.69. The molecule has 0 spiro atoms. The minimum absolute atomic E-state index is 0.475. The second-order valence-corrected chi connectivity index (χ2v) is 5.11. The minimum atomic E-state index is 0.475. The first-order valence-corrected chi connectivity index (χ1v) is 5.91. The van der Waals surface area contributed by atoms with E-state index < -0.39 is 0 Å². The second kappa shape index (κ2) is 4.60. The van der Waals surface area contributed by atoms with Crippen LogP contribution in [0.1, 0.15) is 25.7 Å². The molecule has 3 N–H and O–H groups in total. The van der Waals surface area contributed by atoms with Gasteiger partial charge in [-0.2, -0.15) is 0 Å². The van der Waals surface area contributed by atoms with Gasteiger partial charge < -0.3 is 16.0 Å². The number of hydrogen-bond donors (Lipinski definition) is 2. The maximum atomic E-state index is 5.87. The summed E-state index contributed by atoms with van der Waals surface area (Å²) in [7, 11) is 2.19. The molecule has 3 heteroatoms. The lowest BCUT2D eigenvalue weighted by Gasteiger charge is -2.38. The fourth-order valence-electron chi connectivity index (χ4n) is 2.61. The van der Waals surface area contributed by atoms with Gasteiger partial charge in [-0.15, -0.1) is 0 Å². The number of nitrogens with zero attached hydrogens (tertiary/aromatic N) is 1. The van der Waals surface area contributed by atoms with Gasteiger partial charge in [0.15, 0.2) is 0 Å². The van der Waals surface area contributed by atoms with Crippen LogP contribution in [0.25, 0.3) is 0 Å². The van der Waals surface area contributed by atoms with Crippen LogP contribution in [0.5, 0.6) is 0 Å². The highest BCUT2D eigenvalue weighted by Gasteiger charge is 2.24. The normalized spacial score (nSPS) is 35.6. The van der Waals surface area contributed by atoms with Crippen molar-refractivity contribution < 1.29 is 0 Å². The highest BCUT2D eigenvalue weighted by Crippen LogP contribution is 2.18. The number of nitrogens with one attached hydrogen (secondary N) is 1. The molecule has 2 fully saturated rings. The molecule has 0 amide bonds. The number of rotatable bonds is 3. The maximum Gasteiger partial charge on any atom is 0.00683 e. The summed E-state index contributed by atoms with van der Waals surface area (Å²) in [6.45, 7) is 3.77. The molecule has 2 rings (SSSR count). The van der Waals surface area contributed by atoms with Gasteiger partial charge >= 0.3 is 0 Å². The first-order valence-electron chi connectivity index (χ1n) is 5.91. The van der Waals surface area contributed by atoms with E-state index in [1.54, 1.807) is 0 Å². The fourth-order valence-corrected chi connectivity index (χ4v) is 2.61. The molecule has 1 heterocycles. The summed E-state index contributed by atoms with van der Waals surface area (Å²) in [4.78, 5) is 2.38. The summed E-state index contributed by atoms with van der Waals surface area (Å²) in [5.74, 6) is 0.899. The van der Waals surface area contributed by atoms with Gasteiger partial charge in [-0.3, -0.25) is 0 Å². The molecule has 0 atom stereocenters. The fraction of sp³-hybridized carbons (Fsp3) is 1.00. The van der Waals surface area contributed by atoms with Gasteiger partial charge in [-0.1, -0.05) is 0 Å². The molecular weight excluding hydrogens is 174 g/mol. The van der Waals surface area contributed by atoms with E-state index in [2.05, 4.69) is 17.3 Å². The molecule has 82 valence electrons. The van der Waals surface area contributed by atoms with Gasteiger partial charge in [0.2, 0.25) is 0 Å². The Hall–Kier alpha value is -0.120. The predicted molar refractivity (Wildman–Crippen MR) is 59.2 cm³/mol. The first-order chi connectivity index (χ1) is 6.74. The zero-order valence-corrected chi connectivity index (χ0v) is 9.21. The van der Waals surface area contributed by atoms with Crippen LogP contribution in [0.4, 0.5) is 0 Å². The highest BCUT2D eigenvalue weighted by molar-refractivity contribution is 4.83. The van der Waals surface area contributed by atoms with Gasteiger partial charge in [-0.05, 0) is 38.6 Å². The Balaban J connectivity index is 1.57.